The minimum Gasteiger partial charge on any atom is -0.0999 e. The molecule has 0 aromatic carbocycles. The lowest BCUT2D eigenvalue weighted by Gasteiger charge is -2.52. The molecule has 0 aliphatic carbocycles. The molecule has 0 heteroatoms. The second-order valence-corrected chi connectivity index (χ2v) is 7.58. The van der Waals surface area contributed by atoms with Gasteiger partial charge in [-0.1, -0.05) is 72.8 Å². The first kappa shape index (κ1) is 17.5. The Bertz CT molecular complexity index is 315. The quantitative estimate of drug-likeness (QED) is 0.500. The van der Waals surface area contributed by atoms with E-state index in [0.29, 0.717) is 17.8 Å². The van der Waals surface area contributed by atoms with E-state index in [0.717, 1.165) is 0 Å². The summed E-state index contributed by atoms with van der Waals surface area (Å²) >= 11 is 0. The van der Waals surface area contributed by atoms with E-state index in [4.69, 9.17) is 0 Å². The van der Waals surface area contributed by atoms with Crippen molar-refractivity contribution < 1.29 is 0 Å². The first-order valence-corrected chi connectivity index (χ1v) is 7.18. The molecule has 0 spiro atoms. The molecular formula is C18H34. The van der Waals surface area contributed by atoms with E-state index < -0.39 is 0 Å². The molecule has 0 aromatic heterocycles. The predicted octanol–water partition coefficient (Wildman–Crippen LogP) is 6.10. The van der Waals surface area contributed by atoms with Crippen LogP contribution >= 0.6 is 0 Å². The van der Waals surface area contributed by atoms with Gasteiger partial charge in [-0.3, -0.25) is 0 Å². The van der Waals surface area contributed by atoms with Crippen LogP contribution in [0.15, 0.2) is 24.3 Å². The van der Waals surface area contributed by atoms with Gasteiger partial charge in [0.1, 0.15) is 0 Å². The minimum absolute atomic E-state index is 0.200. The van der Waals surface area contributed by atoms with Gasteiger partial charge in [0.15, 0.2) is 0 Å². The smallest absolute Gasteiger partial charge is 0.0129 e. The second-order valence-electron chi connectivity index (χ2n) is 7.58. The molecule has 0 fully saturated rings. The van der Waals surface area contributed by atoms with Gasteiger partial charge in [0.05, 0.1) is 0 Å². The van der Waals surface area contributed by atoms with Crippen LogP contribution in [0.4, 0.5) is 0 Å². The van der Waals surface area contributed by atoms with E-state index in [9.17, 15) is 0 Å². The lowest BCUT2D eigenvalue weighted by Crippen LogP contribution is -2.45. The van der Waals surface area contributed by atoms with Gasteiger partial charge in [-0.05, 0) is 42.4 Å². The van der Waals surface area contributed by atoms with Crippen molar-refractivity contribution in [2.75, 3.05) is 0 Å². The van der Waals surface area contributed by atoms with Crippen LogP contribution < -0.4 is 0 Å². The average Bonchev–Trinajstić information content (AvgIpc) is 2.13. The Hall–Kier alpha value is -0.520. The van der Waals surface area contributed by atoms with Crippen molar-refractivity contribution in [3.05, 3.63) is 24.3 Å². The Morgan fingerprint density at radius 2 is 1.17 bits per heavy atom. The van der Waals surface area contributed by atoms with Crippen LogP contribution in [-0.2, 0) is 0 Å². The van der Waals surface area contributed by atoms with Gasteiger partial charge in [-0.15, -0.1) is 0 Å². The first-order chi connectivity index (χ1) is 7.87. The van der Waals surface area contributed by atoms with Crippen molar-refractivity contribution in [1.29, 1.82) is 0 Å². The summed E-state index contributed by atoms with van der Waals surface area (Å²) in [4.78, 5) is 0. The molecule has 0 bridgehead atoms. The van der Waals surface area contributed by atoms with Gasteiger partial charge in [0.25, 0.3) is 0 Å². The highest BCUT2D eigenvalue weighted by atomic mass is 14.5. The van der Waals surface area contributed by atoms with Crippen LogP contribution in [0.3, 0.4) is 0 Å². The summed E-state index contributed by atoms with van der Waals surface area (Å²) in [6.45, 7) is 29.2. The van der Waals surface area contributed by atoms with Gasteiger partial charge in [0, 0.05) is 0 Å². The molecule has 0 aromatic rings. The van der Waals surface area contributed by atoms with Crippen LogP contribution in [0.5, 0.6) is 0 Å². The lowest BCUT2D eigenvalue weighted by atomic mass is 9.52. The van der Waals surface area contributed by atoms with E-state index >= 15 is 0 Å². The summed E-state index contributed by atoms with van der Waals surface area (Å²) in [5.74, 6) is 1.66. The molecular weight excluding hydrogens is 216 g/mol. The Morgan fingerprint density at radius 3 is 1.39 bits per heavy atom. The monoisotopic (exact) mass is 250 g/mol. The van der Waals surface area contributed by atoms with Crippen molar-refractivity contribution >= 4 is 0 Å². The molecule has 2 unspecified atom stereocenters. The summed E-state index contributed by atoms with van der Waals surface area (Å²) in [6, 6.07) is 0. The fraction of sp³-hybridized carbons (Fsp3) is 0.778. The minimum atomic E-state index is 0.200. The number of hydrogen-bond donors (Lipinski definition) is 0. The third kappa shape index (κ3) is 3.08. The fourth-order valence-corrected chi connectivity index (χ4v) is 3.59. The van der Waals surface area contributed by atoms with Crippen LogP contribution in [0.2, 0.25) is 0 Å². The maximum Gasteiger partial charge on any atom is -0.0129 e. The van der Waals surface area contributed by atoms with Gasteiger partial charge in [-0.25, -0.2) is 0 Å². The topological polar surface area (TPSA) is 0 Å². The highest BCUT2D eigenvalue weighted by Crippen LogP contribution is 2.54. The average molecular weight is 250 g/mol. The van der Waals surface area contributed by atoms with E-state index in [1.54, 1.807) is 0 Å². The Labute approximate surface area is 116 Å². The number of hydrogen-bond acceptors (Lipinski definition) is 0. The van der Waals surface area contributed by atoms with Crippen LogP contribution in [0.25, 0.3) is 0 Å². The van der Waals surface area contributed by atoms with Crippen molar-refractivity contribution in [2.45, 2.75) is 62.3 Å². The number of allylic oxidation sites excluding steroid dienone is 2. The molecule has 0 amide bonds. The molecule has 0 N–H and O–H groups in total. The molecule has 0 aliphatic heterocycles. The molecule has 18 heavy (non-hydrogen) atoms. The SMILES string of the molecule is C=C(C)C(C)C(C)(C)C(C)(C)C(C(=C)C)C(C)C. The fourth-order valence-electron chi connectivity index (χ4n) is 3.59. The maximum absolute atomic E-state index is 4.24. The molecule has 0 radical (unpaired) electrons. The summed E-state index contributed by atoms with van der Waals surface area (Å²) in [5, 5.41) is 0. The standard InChI is InChI=1S/C18H34/c1-12(2)15(7)17(8,9)18(10,11)16(13(3)4)14(5)6/h14-16H,1,3H2,2,4-11H3. The molecule has 0 saturated carbocycles. The van der Waals surface area contributed by atoms with Crippen molar-refractivity contribution in [3.8, 4) is 0 Å². The van der Waals surface area contributed by atoms with Crippen molar-refractivity contribution in [1.82, 2.24) is 0 Å². The molecule has 106 valence electrons. The molecule has 0 aliphatic rings. The largest absolute Gasteiger partial charge is 0.0999 e. The lowest BCUT2D eigenvalue weighted by molar-refractivity contribution is 0.00231. The van der Waals surface area contributed by atoms with E-state index in [1.807, 2.05) is 0 Å². The third-order valence-corrected chi connectivity index (χ3v) is 5.46. The summed E-state index contributed by atoms with van der Waals surface area (Å²) in [5.41, 5.74) is 2.98. The summed E-state index contributed by atoms with van der Waals surface area (Å²) in [7, 11) is 0. The molecule has 0 saturated heterocycles. The van der Waals surface area contributed by atoms with Gasteiger partial charge < -0.3 is 0 Å². The van der Waals surface area contributed by atoms with Gasteiger partial charge in [-0.2, -0.15) is 0 Å². The molecule has 0 nitrogen and oxygen atoms in total. The highest BCUT2D eigenvalue weighted by molar-refractivity contribution is 5.12. The molecule has 2 atom stereocenters. The van der Waals surface area contributed by atoms with Crippen LogP contribution in [-0.4, -0.2) is 0 Å². The Balaban J connectivity index is 5.58. The zero-order valence-corrected chi connectivity index (χ0v) is 14.1. The Kier molecular flexibility index (Phi) is 5.47. The number of rotatable bonds is 6. The van der Waals surface area contributed by atoms with Gasteiger partial charge in [0.2, 0.25) is 0 Å². The van der Waals surface area contributed by atoms with Gasteiger partial charge >= 0.3 is 0 Å². The zero-order chi connectivity index (χ0) is 14.9. The van der Waals surface area contributed by atoms with Crippen molar-refractivity contribution in [2.24, 2.45) is 28.6 Å². The summed E-state index contributed by atoms with van der Waals surface area (Å²) in [6.07, 6.45) is 0. The van der Waals surface area contributed by atoms with Crippen molar-refractivity contribution in [3.63, 3.8) is 0 Å². The van der Waals surface area contributed by atoms with Crippen LogP contribution in [0, 0.1) is 28.6 Å². The second kappa shape index (κ2) is 5.63. The molecule has 0 rings (SSSR count). The van der Waals surface area contributed by atoms with Crippen LogP contribution in [0.1, 0.15) is 62.3 Å². The Morgan fingerprint density at radius 1 is 0.778 bits per heavy atom. The maximum atomic E-state index is 4.24. The van der Waals surface area contributed by atoms with E-state index in [2.05, 4.69) is 75.5 Å². The van der Waals surface area contributed by atoms with E-state index in [1.165, 1.54) is 11.1 Å². The summed E-state index contributed by atoms with van der Waals surface area (Å²) < 4.78 is 0. The zero-order valence-electron chi connectivity index (χ0n) is 14.1. The third-order valence-electron chi connectivity index (χ3n) is 5.46. The van der Waals surface area contributed by atoms with E-state index in [-0.39, 0.29) is 10.8 Å². The molecule has 0 heterocycles. The highest BCUT2D eigenvalue weighted by Gasteiger charge is 2.47. The first-order valence-electron chi connectivity index (χ1n) is 7.18. The normalized spacial score (nSPS) is 16.6. The predicted molar refractivity (Wildman–Crippen MR) is 84.7 cm³/mol.